The lowest BCUT2D eigenvalue weighted by Crippen LogP contribution is -1.78. The zero-order valence-corrected chi connectivity index (χ0v) is 11.6. The molecule has 0 amide bonds. The third-order valence-electron chi connectivity index (χ3n) is 0.957. The second kappa shape index (κ2) is 37.0. The Balaban J connectivity index is -0.0000000590. The highest BCUT2D eigenvalue weighted by Crippen LogP contribution is 1.95. The highest BCUT2D eigenvalue weighted by atomic mass is 35.5. The molecule has 0 radical (unpaired) electrons. The van der Waals surface area contributed by atoms with Crippen molar-refractivity contribution in [3.8, 4) is 0 Å². The molecule has 0 unspecified atom stereocenters. The van der Waals surface area contributed by atoms with Gasteiger partial charge in [0.05, 0.1) is 5.34 Å². The van der Waals surface area contributed by atoms with Gasteiger partial charge in [0.15, 0.2) is 0 Å². The topological polar surface area (TPSA) is 57.5 Å². The number of carbonyl (C=O) groups is 1. The van der Waals surface area contributed by atoms with Gasteiger partial charge in [-0.25, -0.2) is 0 Å². The maximum Gasteiger partial charge on any atom is 0.300 e. The van der Waals surface area contributed by atoms with Crippen molar-refractivity contribution in [2.45, 2.75) is 46.5 Å². The van der Waals surface area contributed by atoms with E-state index < -0.39 is 5.97 Å². The molecule has 0 atom stereocenters. The van der Waals surface area contributed by atoms with E-state index in [1.807, 2.05) is 0 Å². The van der Waals surface area contributed by atoms with Crippen molar-refractivity contribution in [2.24, 2.45) is 0 Å². The molecule has 0 aromatic carbocycles. The number of unbranched alkanes of at least 4 members (excludes halogenated alkanes) is 3. The molecule has 0 aliphatic rings. The molecule has 15 heavy (non-hydrogen) atoms. The van der Waals surface area contributed by atoms with Crippen LogP contribution >= 0.6 is 23.2 Å². The predicted molar refractivity (Wildman–Crippen MR) is 67.8 cm³/mol. The van der Waals surface area contributed by atoms with Crippen LogP contribution in [0, 0.1) is 0 Å². The summed E-state index contributed by atoms with van der Waals surface area (Å²) < 4.78 is 0. The van der Waals surface area contributed by atoms with Gasteiger partial charge >= 0.3 is 0 Å². The monoisotopic (exact) mass is 262 g/mol. The number of aliphatic hydroxyl groups excluding tert-OH is 1. The first-order chi connectivity index (χ1) is 7.06. The van der Waals surface area contributed by atoms with Gasteiger partial charge in [-0.3, -0.25) is 4.79 Å². The van der Waals surface area contributed by atoms with Crippen molar-refractivity contribution >= 4 is 29.2 Å². The molecule has 0 aliphatic carbocycles. The fourth-order valence-corrected chi connectivity index (χ4v) is 0.500. The SMILES string of the molecule is CC(=O)O.CCCCCC.CO.ClCCl. The van der Waals surface area contributed by atoms with Crippen molar-refractivity contribution in [3.05, 3.63) is 0 Å². The second-order valence-corrected chi connectivity index (χ2v) is 3.14. The van der Waals surface area contributed by atoms with Gasteiger partial charge in [0.25, 0.3) is 5.97 Å². The quantitative estimate of drug-likeness (QED) is 0.602. The lowest BCUT2D eigenvalue weighted by Gasteiger charge is -1.86. The summed E-state index contributed by atoms with van der Waals surface area (Å²) in [6.45, 7) is 5.55. The summed E-state index contributed by atoms with van der Waals surface area (Å²) in [6.07, 6.45) is 5.54. The Bertz CT molecular complexity index is 82.7. The van der Waals surface area contributed by atoms with Crippen molar-refractivity contribution in [1.82, 2.24) is 0 Å². The fourth-order valence-electron chi connectivity index (χ4n) is 0.500. The highest BCUT2D eigenvalue weighted by Gasteiger charge is 1.75. The summed E-state index contributed by atoms with van der Waals surface area (Å²) in [5, 5.41) is 14.6. The van der Waals surface area contributed by atoms with Crippen LogP contribution in [0.3, 0.4) is 0 Å². The molecule has 2 N–H and O–H groups in total. The average Bonchev–Trinajstić information content (AvgIpc) is 2.18. The number of hydrogen-bond acceptors (Lipinski definition) is 2. The van der Waals surface area contributed by atoms with Gasteiger partial charge in [-0.15, -0.1) is 23.2 Å². The van der Waals surface area contributed by atoms with E-state index in [4.69, 9.17) is 38.2 Å². The molecule has 0 saturated carbocycles. The Labute approximate surface area is 103 Å². The maximum atomic E-state index is 9.00. The molecule has 3 nitrogen and oxygen atoms in total. The van der Waals surface area contributed by atoms with Crippen LogP contribution in [-0.4, -0.2) is 28.6 Å². The van der Waals surface area contributed by atoms with E-state index in [2.05, 4.69) is 13.8 Å². The summed E-state index contributed by atoms with van der Waals surface area (Å²) in [5.41, 5.74) is 0. The molecule has 0 spiro atoms. The van der Waals surface area contributed by atoms with Crippen molar-refractivity contribution in [1.29, 1.82) is 0 Å². The fraction of sp³-hybridized carbons (Fsp3) is 0.900. The number of halogens is 2. The van der Waals surface area contributed by atoms with E-state index >= 15 is 0 Å². The van der Waals surface area contributed by atoms with Crippen LogP contribution in [0.1, 0.15) is 46.5 Å². The highest BCUT2D eigenvalue weighted by molar-refractivity contribution is 6.40. The Morgan fingerprint density at radius 3 is 1.27 bits per heavy atom. The number of aliphatic carboxylic acids is 1. The zero-order valence-electron chi connectivity index (χ0n) is 10.1. The summed E-state index contributed by atoms with van der Waals surface area (Å²) in [6, 6.07) is 0. The molecule has 0 fully saturated rings. The van der Waals surface area contributed by atoms with Gasteiger partial charge < -0.3 is 10.2 Å². The van der Waals surface area contributed by atoms with Crippen LogP contribution in [0.5, 0.6) is 0 Å². The molecule has 0 bridgehead atoms. The first kappa shape index (κ1) is 24.3. The van der Waals surface area contributed by atoms with E-state index in [1.165, 1.54) is 25.7 Å². The number of carboxylic acid groups (broad SMARTS) is 1. The van der Waals surface area contributed by atoms with E-state index in [1.54, 1.807) is 0 Å². The Morgan fingerprint density at radius 1 is 1.07 bits per heavy atom. The first-order valence-electron chi connectivity index (χ1n) is 4.82. The minimum atomic E-state index is -0.833. The Kier molecular flexibility index (Phi) is 59.9. The molecule has 5 heteroatoms. The maximum absolute atomic E-state index is 9.00. The van der Waals surface area contributed by atoms with Crippen LogP contribution in [0.2, 0.25) is 0 Å². The van der Waals surface area contributed by atoms with Gasteiger partial charge in [0.2, 0.25) is 0 Å². The normalized spacial score (nSPS) is 6.87. The molecule has 96 valence electrons. The first-order valence-corrected chi connectivity index (χ1v) is 5.89. The lowest BCUT2D eigenvalue weighted by atomic mass is 10.2. The third-order valence-corrected chi connectivity index (χ3v) is 0.957. The standard InChI is InChI=1S/C6H14.C2H4O2.CH2Cl2.CH4O/c1-3-5-6-4-2;1-2(3)4;2-1-3;1-2/h3-6H2,1-2H3;1H3,(H,3,4);1H2;2H,1H3. The van der Waals surface area contributed by atoms with Gasteiger partial charge in [-0.05, 0) is 0 Å². The van der Waals surface area contributed by atoms with E-state index in [9.17, 15) is 0 Å². The van der Waals surface area contributed by atoms with E-state index in [0.717, 1.165) is 14.0 Å². The largest absolute Gasteiger partial charge is 0.481 e. The van der Waals surface area contributed by atoms with E-state index in [-0.39, 0.29) is 5.34 Å². The zero-order chi connectivity index (χ0) is 13.1. The molecule has 0 aromatic rings. The number of carboxylic acids is 1. The van der Waals surface area contributed by atoms with Crippen molar-refractivity contribution < 1.29 is 15.0 Å². The number of hydrogen-bond donors (Lipinski definition) is 2. The smallest absolute Gasteiger partial charge is 0.300 e. The van der Waals surface area contributed by atoms with Crippen LogP contribution in [-0.2, 0) is 4.79 Å². The summed E-state index contributed by atoms with van der Waals surface area (Å²) >= 11 is 9.53. The van der Waals surface area contributed by atoms with Gasteiger partial charge in [0.1, 0.15) is 0 Å². The number of rotatable bonds is 3. The molecular weight excluding hydrogens is 239 g/mol. The summed E-state index contributed by atoms with van der Waals surface area (Å²) in [7, 11) is 1.00. The van der Waals surface area contributed by atoms with Crippen LogP contribution < -0.4 is 0 Å². The molecule has 0 aliphatic heterocycles. The van der Waals surface area contributed by atoms with Crippen LogP contribution in [0.4, 0.5) is 0 Å². The van der Waals surface area contributed by atoms with Crippen LogP contribution in [0.25, 0.3) is 0 Å². The number of aliphatic hydroxyl groups is 1. The lowest BCUT2D eigenvalue weighted by molar-refractivity contribution is -0.134. The minimum Gasteiger partial charge on any atom is -0.481 e. The van der Waals surface area contributed by atoms with Crippen molar-refractivity contribution in [2.75, 3.05) is 12.4 Å². The van der Waals surface area contributed by atoms with Gasteiger partial charge in [-0.2, -0.15) is 0 Å². The Hall–Kier alpha value is 0.01000. The molecular formula is C10H24Cl2O3. The van der Waals surface area contributed by atoms with Crippen molar-refractivity contribution in [3.63, 3.8) is 0 Å². The van der Waals surface area contributed by atoms with Gasteiger partial charge in [0, 0.05) is 14.0 Å². The predicted octanol–water partition coefficient (Wildman–Crippen LogP) is 3.71. The summed E-state index contributed by atoms with van der Waals surface area (Å²) in [4.78, 5) is 9.00. The second-order valence-electron chi connectivity index (χ2n) is 2.33. The molecule has 0 rings (SSSR count). The van der Waals surface area contributed by atoms with Gasteiger partial charge in [-0.1, -0.05) is 39.5 Å². The average molecular weight is 263 g/mol. The summed E-state index contributed by atoms with van der Waals surface area (Å²) in [5.74, 6) is -0.833. The van der Waals surface area contributed by atoms with E-state index in [0.29, 0.717) is 0 Å². The molecule has 0 heterocycles. The molecule has 0 saturated heterocycles. The molecule has 0 aromatic heterocycles. The minimum absolute atomic E-state index is 0.194. The van der Waals surface area contributed by atoms with Crippen LogP contribution in [0.15, 0.2) is 0 Å². The third kappa shape index (κ3) is 223. The number of alkyl halides is 2. The Morgan fingerprint density at radius 2 is 1.20 bits per heavy atom.